The summed E-state index contributed by atoms with van der Waals surface area (Å²) in [5.41, 5.74) is 0.407. The molecule has 1 heterocycles. The molecule has 2 aliphatic rings. The lowest BCUT2D eigenvalue weighted by Crippen LogP contribution is -2.43. The average Bonchev–Trinajstić information content (AvgIpc) is 2.96. The highest BCUT2D eigenvalue weighted by atomic mass is 16.2. The van der Waals surface area contributed by atoms with Gasteiger partial charge in [-0.1, -0.05) is 40.5 Å². The minimum atomic E-state index is 0.0692. The Bertz CT molecular complexity index is 310. The summed E-state index contributed by atoms with van der Waals surface area (Å²) < 4.78 is 0. The summed E-state index contributed by atoms with van der Waals surface area (Å²) in [6.45, 7) is 9.84. The van der Waals surface area contributed by atoms with Crippen molar-refractivity contribution in [1.29, 1.82) is 0 Å². The van der Waals surface area contributed by atoms with Crippen molar-refractivity contribution in [2.24, 2.45) is 11.3 Å². The molecule has 18 heavy (non-hydrogen) atoms. The van der Waals surface area contributed by atoms with E-state index in [9.17, 15) is 4.79 Å². The van der Waals surface area contributed by atoms with Gasteiger partial charge in [-0.3, -0.25) is 10.1 Å². The van der Waals surface area contributed by atoms with Crippen molar-refractivity contribution >= 4 is 5.91 Å². The zero-order valence-corrected chi connectivity index (χ0v) is 12.3. The Morgan fingerprint density at radius 2 is 2.11 bits per heavy atom. The first-order chi connectivity index (χ1) is 8.47. The van der Waals surface area contributed by atoms with Crippen LogP contribution in [0.2, 0.25) is 0 Å². The van der Waals surface area contributed by atoms with Gasteiger partial charge in [0.25, 0.3) is 0 Å². The van der Waals surface area contributed by atoms with Gasteiger partial charge in [0.05, 0.1) is 12.2 Å². The molecule has 0 aromatic rings. The third-order valence-corrected chi connectivity index (χ3v) is 4.42. The van der Waals surface area contributed by atoms with E-state index in [1.165, 1.54) is 12.8 Å². The molecule has 3 nitrogen and oxygen atoms in total. The molecule has 1 aliphatic heterocycles. The van der Waals surface area contributed by atoms with E-state index < -0.39 is 0 Å². The lowest BCUT2D eigenvalue weighted by molar-refractivity contribution is -0.131. The molecule has 1 saturated heterocycles. The fourth-order valence-corrected chi connectivity index (χ4v) is 2.83. The van der Waals surface area contributed by atoms with Crippen molar-refractivity contribution in [2.75, 3.05) is 6.54 Å². The van der Waals surface area contributed by atoms with Crippen LogP contribution in [0.25, 0.3) is 0 Å². The van der Waals surface area contributed by atoms with Crippen molar-refractivity contribution in [1.82, 2.24) is 10.2 Å². The second-order valence-corrected chi connectivity index (χ2v) is 6.83. The molecule has 0 aromatic heterocycles. The van der Waals surface area contributed by atoms with E-state index in [-0.39, 0.29) is 12.2 Å². The van der Waals surface area contributed by atoms with Gasteiger partial charge in [-0.05, 0) is 30.6 Å². The molecule has 1 saturated carbocycles. The van der Waals surface area contributed by atoms with Gasteiger partial charge in [-0.15, -0.1) is 0 Å². The van der Waals surface area contributed by atoms with Gasteiger partial charge >= 0.3 is 0 Å². The molecule has 0 spiro atoms. The highest BCUT2D eigenvalue weighted by Crippen LogP contribution is 2.46. The van der Waals surface area contributed by atoms with E-state index in [0.717, 1.165) is 25.8 Å². The van der Waals surface area contributed by atoms with Gasteiger partial charge in [0.1, 0.15) is 0 Å². The lowest BCUT2D eigenvalue weighted by atomic mass is 10.1. The van der Waals surface area contributed by atoms with Crippen LogP contribution in [-0.4, -0.2) is 29.6 Å². The number of carbonyl (C=O) groups is 1. The third-order valence-electron chi connectivity index (χ3n) is 4.42. The molecule has 1 N–H and O–H groups in total. The summed E-state index contributed by atoms with van der Waals surface area (Å²) >= 11 is 0. The lowest BCUT2D eigenvalue weighted by Gasteiger charge is -2.29. The van der Waals surface area contributed by atoms with E-state index in [1.54, 1.807) is 0 Å². The van der Waals surface area contributed by atoms with Gasteiger partial charge in [-0.25, -0.2) is 0 Å². The Kier molecular flexibility index (Phi) is 4.00. The van der Waals surface area contributed by atoms with Crippen LogP contribution < -0.4 is 5.32 Å². The van der Waals surface area contributed by atoms with E-state index in [1.807, 2.05) is 0 Å². The van der Waals surface area contributed by atoms with Gasteiger partial charge in [0.2, 0.25) is 5.91 Å². The smallest absolute Gasteiger partial charge is 0.241 e. The van der Waals surface area contributed by atoms with Crippen LogP contribution >= 0.6 is 0 Å². The Morgan fingerprint density at radius 3 is 2.61 bits per heavy atom. The predicted molar refractivity (Wildman–Crippen MR) is 74.1 cm³/mol. The van der Waals surface area contributed by atoms with Crippen LogP contribution in [0.4, 0.5) is 0 Å². The van der Waals surface area contributed by atoms with E-state index in [2.05, 4.69) is 37.9 Å². The van der Waals surface area contributed by atoms with Crippen LogP contribution in [0.1, 0.15) is 59.8 Å². The zero-order chi connectivity index (χ0) is 13.3. The predicted octanol–water partition coefficient (Wildman–Crippen LogP) is 2.76. The van der Waals surface area contributed by atoms with Crippen molar-refractivity contribution in [3.63, 3.8) is 0 Å². The second-order valence-electron chi connectivity index (χ2n) is 6.83. The molecule has 3 heteroatoms. The number of amides is 1. The molecule has 0 radical (unpaired) electrons. The fourth-order valence-electron chi connectivity index (χ4n) is 2.83. The van der Waals surface area contributed by atoms with E-state index >= 15 is 0 Å². The Balaban J connectivity index is 2.01. The molecule has 2 rings (SSSR count). The second kappa shape index (κ2) is 5.20. The number of hydrogen-bond acceptors (Lipinski definition) is 2. The van der Waals surface area contributed by atoms with Crippen molar-refractivity contribution in [2.45, 2.75) is 72.0 Å². The number of hydrogen-bond donors (Lipinski definition) is 1. The summed E-state index contributed by atoms with van der Waals surface area (Å²) in [6.07, 6.45) is 6.10. The highest BCUT2D eigenvalue weighted by Gasteiger charge is 2.46. The van der Waals surface area contributed by atoms with Gasteiger partial charge in [0, 0.05) is 6.54 Å². The molecule has 2 unspecified atom stereocenters. The number of rotatable bonds is 6. The fraction of sp³-hybridized carbons (Fsp3) is 0.933. The number of carbonyl (C=O) groups excluding carboxylic acids is 1. The summed E-state index contributed by atoms with van der Waals surface area (Å²) in [4.78, 5) is 14.6. The highest BCUT2D eigenvalue weighted by molar-refractivity contribution is 5.84. The van der Waals surface area contributed by atoms with Crippen molar-refractivity contribution in [3.05, 3.63) is 0 Å². The molecule has 0 bridgehead atoms. The maximum absolute atomic E-state index is 12.5. The average molecular weight is 252 g/mol. The van der Waals surface area contributed by atoms with E-state index in [0.29, 0.717) is 17.2 Å². The van der Waals surface area contributed by atoms with Crippen molar-refractivity contribution in [3.8, 4) is 0 Å². The van der Waals surface area contributed by atoms with Crippen LogP contribution in [0, 0.1) is 11.3 Å². The van der Waals surface area contributed by atoms with Crippen LogP contribution in [0.3, 0.4) is 0 Å². The van der Waals surface area contributed by atoms with E-state index in [4.69, 9.17) is 0 Å². The topological polar surface area (TPSA) is 32.3 Å². The SMILES string of the molecule is CCCCC1NC(C(C)C)N(CC2(C)CC2)C1=O. The summed E-state index contributed by atoms with van der Waals surface area (Å²) in [5.74, 6) is 0.832. The van der Waals surface area contributed by atoms with Gasteiger partial charge in [-0.2, -0.15) is 0 Å². The Hall–Kier alpha value is -0.570. The first kappa shape index (κ1) is 13.9. The first-order valence-corrected chi connectivity index (χ1v) is 7.53. The number of unbranched alkanes of at least 4 members (excludes halogenated alkanes) is 1. The Labute approximate surface area is 111 Å². The number of nitrogens with one attached hydrogen (secondary N) is 1. The Morgan fingerprint density at radius 1 is 1.44 bits per heavy atom. The summed E-state index contributed by atoms with van der Waals surface area (Å²) in [5, 5.41) is 3.55. The quantitative estimate of drug-likeness (QED) is 0.788. The standard InChI is InChI=1S/C15H28N2O/c1-5-6-7-12-14(18)17(10-15(4)8-9-15)13(16-12)11(2)3/h11-13,16H,5-10H2,1-4H3. The largest absolute Gasteiger partial charge is 0.325 e. The van der Waals surface area contributed by atoms with Crippen LogP contribution in [-0.2, 0) is 4.79 Å². The monoisotopic (exact) mass is 252 g/mol. The minimum absolute atomic E-state index is 0.0692. The molecular weight excluding hydrogens is 224 g/mol. The first-order valence-electron chi connectivity index (χ1n) is 7.53. The summed E-state index contributed by atoms with van der Waals surface area (Å²) in [6, 6.07) is 0.0692. The molecule has 2 fully saturated rings. The molecule has 1 aliphatic carbocycles. The minimum Gasteiger partial charge on any atom is -0.325 e. The van der Waals surface area contributed by atoms with Gasteiger partial charge in [0.15, 0.2) is 0 Å². The maximum atomic E-state index is 12.5. The molecule has 1 amide bonds. The van der Waals surface area contributed by atoms with Crippen molar-refractivity contribution < 1.29 is 4.79 Å². The molecule has 104 valence electrons. The molecular formula is C15H28N2O. The molecule has 0 aromatic carbocycles. The third kappa shape index (κ3) is 2.87. The molecule has 2 atom stereocenters. The van der Waals surface area contributed by atoms with Gasteiger partial charge < -0.3 is 4.90 Å². The summed E-state index contributed by atoms with van der Waals surface area (Å²) in [7, 11) is 0. The normalized spacial score (nSPS) is 30.3. The maximum Gasteiger partial charge on any atom is 0.241 e. The number of nitrogens with zero attached hydrogens (tertiary/aromatic N) is 1. The van der Waals surface area contributed by atoms with Crippen LogP contribution in [0.5, 0.6) is 0 Å². The van der Waals surface area contributed by atoms with Crippen LogP contribution in [0.15, 0.2) is 0 Å². The zero-order valence-electron chi connectivity index (χ0n) is 12.3.